The van der Waals surface area contributed by atoms with E-state index in [1.165, 1.54) is 63.8 Å². The smallest absolute Gasteiger partial charge is 0.248 e. The van der Waals surface area contributed by atoms with E-state index in [1.807, 2.05) is 24.3 Å². The molecular weight excluding hydrogens is 274 g/mol. The number of rotatable bonds is 4. The lowest BCUT2D eigenvalue weighted by atomic mass is 9.99. The van der Waals surface area contributed by atoms with Crippen molar-refractivity contribution in [2.24, 2.45) is 5.73 Å². The highest BCUT2D eigenvalue weighted by Gasteiger charge is 2.25. The van der Waals surface area contributed by atoms with Crippen molar-refractivity contribution < 1.29 is 4.79 Å². The predicted molar refractivity (Wildman–Crippen MR) is 88.7 cm³/mol. The molecule has 0 atom stereocenters. The van der Waals surface area contributed by atoms with Crippen molar-refractivity contribution in [2.75, 3.05) is 26.2 Å². The van der Waals surface area contributed by atoms with E-state index in [4.69, 9.17) is 5.73 Å². The van der Waals surface area contributed by atoms with Crippen molar-refractivity contribution in [3.05, 3.63) is 35.4 Å². The van der Waals surface area contributed by atoms with E-state index in [-0.39, 0.29) is 5.91 Å². The molecule has 0 unspecified atom stereocenters. The molecule has 2 heterocycles. The maximum atomic E-state index is 11.1. The van der Waals surface area contributed by atoms with E-state index in [2.05, 4.69) is 9.80 Å². The SMILES string of the molecule is NC(=O)c1ccc(CN2CCC(N3CCCCC3)CC2)cc1. The summed E-state index contributed by atoms with van der Waals surface area (Å²) in [6, 6.07) is 8.51. The Labute approximate surface area is 133 Å². The van der Waals surface area contributed by atoms with Gasteiger partial charge in [-0.15, -0.1) is 0 Å². The van der Waals surface area contributed by atoms with Crippen LogP contribution in [0.3, 0.4) is 0 Å². The van der Waals surface area contributed by atoms with Crippen molar-refractivity contribution >= 4 is 5.91 Å². The molecule has 22 heavy (non-hydrogen) atoms. The number of nitrogens with zero attached hydrogens (tertiary/aromatic N) is 2. The zero-order valence-electron chi connectivity index (χ0n) is 13.3. The number of benzene rings is 1. The van der Waals surface area contributed by atoms with Gasteiger partial charge in [0, 0.05) is 18.2 Å². The van der Waals surface area contributed by atoms with Crippen LogP contribution in [0, 0.1) is 0 Å². The van der Waals surface area contributed by atoms with E-state index in [0.717, 1.165) is 12.6 Å². The molecule has 0 aliphatic carbocycles. The molecule has 4 heteroatoms. The summed E-state index contributed by atoms with van der Waals surface area (Å²) in [6.45, 7) is 5.95. The van der Waals surface area contributed by atoms with E-state index < -0.39 is 0 Å². The first-order valence-electron chi connectivity index (χ1n) is 8.57. The molecule has 1 amide bonds. The fourth-order valence-electron chi connectivity index (χ4n) is 3.76. The average Bonchev–Trinajstić information content (AvgIpc) is 2.57. The molecule has 1 aromatic rings. The van der Waals surface area contributed by atoms with Gasteiger partial charge < -0.3 is 10.6 Å². The van der Waals surface area contributed by atoms with Crippen LogP contribution in [0.5, 0.6) is 0 Å². The largest absolute Gasteiger partial charge is 0.366 e. The summed E-state index contributed by atoms with van der Waals surface area (Å²) in [4.78, 5) is 16.3. The standard InChI is InChI=1S/C18H27N3O/c19-18(22)16-6-4-15(5-7-16)14-20-12-8-17(9-13-20)21-10-2-1-3-11-21/h4-7,17H,1-3,8-14H2,(H2,19,22). The number of amides is 1. The van der Waals surface area contributed by atoms with Crippen molar-refractivity contribution in [2.45, 2.75) is 44.7 Å². The van der Waals surface area contributed by atoms with Crippen LogP contribution in [-0.4, -0.2) is 47.9 Å². The van der Waals surface area contributed by atoms with Crippen LogP contribution in [-0.2, 0) is 6.54 Å². The quantitative estimate of drug-likeness (QED) is 0.928. The Hall–Kier alpha value is -1.39. The Morgan fingerprint density at radius 1 is 1.00 bits per heavy atom. The first kappa shape index (κ1) is 15.5. The Morgan fingerprint density at radius 3 is 2.23 bits per heavy atom. The molecule has 120 valence electrons. The van der Waals surface area contributed by atoms with Crippen molar-refractivity contribution in [1.29, 1.82) is 0 Å². The van der Waals surface area contributed by atoms with Crippen molar-refractivity contribution in [3.63, 3.8) is 0 Å². The lowest BCUT2D eigenvalue weighted by Crippen LogP contribution is -2.46. The molecule has 4 nitrogen and oxygen atoms in total. The second-order valence-electron chi connectivity index (χ2n) is 6.67. The Balaban J connectivity index is 1.48. The van der Waals surface area contributed by atoms with Crippen LogP contribution in [0.4, 0.5) is 0 Å². The number of primary amides is 1. The van der Waals surface area contributed by atoms with Crippen LogP contribution < -0.4 is 5.73 Å². The third-order valence-corrected chi connectivity index (χ3v) is 5.11. The molecule has 0 bridgehead atoms. The van der Waals surface area contributed by atoms with Gasteiger partial charge in [0.05, 0.1) is 0 Å². The van der Waals surface area contributed by atoms with Crippen LogP contribution in [0.1, 0.15) is 48.0 Å². The highest BCUT2D eigenvalue weighted by atomic mass is 16.1. The molecular formula is C18H27N3O. The number of hydrogen-bond acceptors (Lipinski definition) is 3. The first-order valence-corrected chi connectivity index (χ1v) is 8.57. The molecule has 2 aliphatic rings. The minimum Gasteiger partial charge on any atom is -0.366 e. The second kappa shape index (κ2) is 7.25. The van der Waals surface area contributed by atoms with E-state index in [9.17, 15) is 4.79 Å². The topological polar surface area (TPSA) is 49.6 Å². The molecule has 0 saturated carbocycles. The molecule has 0 aromatic heterocycles. The number of carbonyl (C=O) groups is 1. The lowest BCUT2D eigenvalue weighted by Gasteiger charge is -2.40. The number of likely N-dealkylation sites (tertiary alicyclic amines) is 2. The Bertz CT molecular complexity index is 486. The highest BCUT2D eigenvalue weighted by molar-refractivity contribution is 5.92. The monoisotopic (exact) mass is 301 g/mol. The molecule has 2 fully saturated rings. The molecule has 3 rings (SSSR count). The summed E-state index contributed by atoms with van der Waals surface area (Å²) in [5.41, 5.74) is 7.14. The van der Waals surface area contributed by atoms with Crippen LogP contribution in [0.25, 0.3) is 0 Å². The van der Waals surface area contributed by atoms with E-state index in [1.54, 1.807) is 0 Å². The van der Waals surface area contributed by atoms with Gasteiger partial charge in [0.15, 0.2) is 0 Å². The fraction of sp³-hybridized carbons (Fsp3) is 0.611. The van der Waals surface area contributed by atoms with E-state index >= 15 is 0 Å². The summed E-state index contributed by atoms with van der Waals surface area (Å²) >= 11 is 0. The number of nitrogens with two attached hydrogens (primary N) is 1. The van der Waals surface area contributed by atoms with Gasteiger partial charge >= 0.3 is 0 Å². The zero-order valence-corrected chi connectivity index (χ0v) is 13.3. The van der Waals surface area contributed by atoms with Gasteiger partial charge in [-0.2, -0.15) is 0 Å². The molecule has 0 spiro atoms. The zero-order chi connectivity index (χ0) is 15.4. The van der Waals surface area contributed by atoms with Gasteiger partial charge in [0.2, 0.25) is 5.91 Å². The second-order valence-corrected chi connectivity index (χ2v) is 6.67. The van der Waals surface area contributed by atoms with Gasteiger partial charge in [-0.05, 0) is 69.6 Å². The first-order chi connectivity index (χ1) is 10.7. The third kappa shape index (κ3) is 3.87. The normalized spacial score (nSPS) is 21.8. The van der Waals surface area contributed by atoms with Crippen molar-refractivity contribution in [1.82, 2.24) is 9.80 Å². The molecule has 1 aromatic carbocycles. The summed E-state index contributed by atoms with van der Waals surface area (Å²) < 4.78 is 0. The van der Waals surface area contributed by atoms with E-state index in [0.29, 0.717) is 5.56 Å². The minimum absolute atomic E-state index is 0.353. The maximum Gasteiger partial charge on any atom is 0.248 e. The third-order valence-electron chi connectivity index (χ3n) is 5.11. The summed E-state index contributed by atoms with van der Waals surface area (Å²) in [7, 11) is 0. The van der Waals surface area contributed by atoms with Crippen LogP contribution in [0.15, 0.2) is 24.3 Å². The highest BCUT2D eigenvalue weighted by Crippen LogP contribution is 2.21. The average molecular weight is 301 g/mol. The number of hydrogen-bond donors (Lipinski definition) is 1. The maximum absolute atomic E-state index is 11.1. The summed E-state index contributed by atoms with van der Waals surface area (Å²) in [5, 5.41) is 0. The van der Waals surface area contributed by atoms with Gasteiger partial charge in [0.25, 0.3) is 0 Å². The minimum atomic E-state index is -0.353. The number of carbonyl (C=O) groups excluding carboxylic acids is 1. The molecule has 2 aliphatic heterocycles. The van der Waals surface area contributed by atoms with Gasteiger partial charge in [-0.3, -0.25) is 9.69 Å². The van der Waals surface area contributed by atoms with Crippen molar-refractivity contribution in [3.8, 4) is 0 Å². The fourth-order valence-corrected chi connectivity index (χ4v) is 3.76. The Morgan fingerprint density at radius 2 is 1.64 bits per heavy atom. The van der Waals surface area contributed by atoms with Crippen LogP contribution >= 0.6 is 0 Å². The molecule has 2 N–H and O–H groups in total. The van der Waals surface area contributed by atoms with Gasteiger partial charge in [-0.25, -0.2) is 0 Å². The van der Waals surface area contributed by atoms with Crippen LogP contribution in [0.2, 0.25) is 0 Å². The summed E-state index contributed by atoms with van der Waals surface area (Å²) in [6.07, 6.45) is 6.76. The molecule has 0 radical (unpaired) electrons. The lowest BCUT2D eigenvalue weighted by molar-refractivity contribution is 0.0896. The van der Waals surface area contributed by atoms with Gasteiger partial charge in [0.1, 0.15) is 0 Å². The number of piperidine rings is 2. The Kier molecular flexibility index (Phi) is 5.11. The van der Waals surface area contributed by atoms with Gasteiger partial charge in [-0.1, -0.05) is 18.6 Å². The molecule has 2 saturated heterocycles. The summed E-state index contributed by atoms with van der Waals surface area (Å²) in [5.74, 6) is -0.353. The predicted octanol–water partition coefficient (Wildman–Crippen LogP) is 2.24.